The number of amides is 1. The topological polar surface area (TPSA) is 59.8 Å². The van der Waals surface area contributed by atoms with Crippen molar-refractivity contribution in [2.24, 2.45) is 0 Å². The Labute approximate surface area is 128 Å². The molecule has 0 unspecified atom stereocenters. The minimum Gasteiger partial charge on any atom is -0.352 e. The van der Waals surface area contributed by atoms with Crippen molar-refractivity contribution in [3.05, 3.63) is 34.0 Å². The molecule has 0 saturated carbocycles. The van der Waals surface area contributed by atoms with Gasteiger partial charge in [-0.15, -0.1) is 21.5 Å². The molecule has 0 fully saturated rings. The van der Waals surface area contributed by atoms with Gasteiger partial charge in [-0.25, -0.2) is 0 Å². The van der Waals surface area contributed by atoms with Crippen LogP contribution in [0.25, 0.3) is 0 Å². The summed E-state index contributed by atoms with van der Waals surface area (Å²) in [7, 11) is 0. The van der Waals surface area contributed by atoms with Gasteiger partial charge in [0.05, 0.1) is 0 Å². The molecule has 0 aliphatic carbocycles. The third kappa shape index (κ3) is 3.50. The molecule has 0 spiro atoms. The van der Waals surface area contributed by atoms with Crippen LogP contribution in [-0.2, 0) is 24.2 Å². The Hall–Kier alpha value is -1.69. The highest BCUT2D eigenvalue weighted by atomic mass is 32.1. The van der Waals surface area contributed by atoms with Crippen molar-refractivity contribution in [1.29, 1.82) is 0 Å². The average Bonchev–Trinajstić information content (AvgIpc) is 3.10. The molecule has 2 aromatic rings. The molecular weight excluding hydrogens is 284 g/mol. The molecule has 1 N–H and O–H groups in total. The van der Waals surface area contributed by atoms with Gasteiger partial charge in [0.1, 0.15) is 11.6 Å². The van der Waals surface area contributed by atoms with E-state index in [0.29, 0.717) is 6.42 Å². The highest BCUT2D eigenvalue weighted by Crippen LogP contribution is 2.15. The van der Waals surface area contributed by atoms with E-state index in [9.17, 15) is 4.79 Å². The number of hydrogen-bond acceptors (Lipinski definition) is 4. The van der Waals surface area contributed by atoms with E-state index < -0.39 is 0 Å². The van der Waals surface area contributed by atoms with Crippen molar-refractivity contribution in [2.45, 2.75) is 51.6 Å². The molecule has 5 nitrogen and oxygen atoms in total. The normalized spacial score (nSPS) is 17.5. The molecule has 1 atom stereocenters. The van der Waals surface area contributed by atoms with Crippen LogP contribution in [-0.4, -0.2) is 26.7 Å². The zero-order valence-corrected chi connectivity index (χ0v) is 13.0. The number of fused-ring (bicyclic) bond motifs is 1. The van der Waals surface area contributed by atoms with Crippen LogP contribution in [0.2, 0.25) is 0 Å². The van der Waals surface area contributed by atoms with E-state index >= 15 is 0 Å². The Bertz CT molecular complexity index is 605. The number of aromatic nitrogens is 3. The van der Waals surface area contributed by atoms with E-state index in [1.165, 1.54) is 4.88 Å². The van der Waals surface area contributed by atoms with Gasteiger partial charge < -0.3 is 9.88 Å². The number of rotatable bonds is 5. The first-order chi connectivity index (χ1) is 10.2. The maximum Gasteiger partial charge on any atom is 0.220 e. The second-order valence-corrected chi connectivity index (χ2v) is 6.54. The van der Waals surface area contributed by atoms with Crippen LogP contribution in [0.1, 0.15) is 35.8 Å². The maximum absolute atomic E-state index is 12.0. The van der Waals surface area contributed by atoms with Crippen LogP contribution < -0.4 is 5.32 Å². The molecular formula is C15H20N4OS. The number of nitrogens with zero attached hydrogens (tertiary/aromatic N) is 3. The van der Waals surface area contributed by atoms with Crippen LogP contribution in [0.3, 0.4) is 0 Å². The van der Waals surface area contributed by atoms with Crippen molar-refractivity contribution in [3.63, 3.8) is 0 Å². The molecule has 0 bridgehead atoms. The quantitative estimate of drug-likeness (QED) is 0.920. The van der Waals surface area contributed by atoms with E-state index in [1.807, 2.05) is 6.92 Å². The Morgan fingerprint density at radius 1 is 1.52 bits per heavy atom. The van der Waals surface area contributed by atoms with Crippen LogP contribution >= 0.6 is 11.3 Å². The Kier molecular flexibility index (Phi) is 4.34. The van der Waals surface area contributed by atoms with Gasteiger partial charge in [0.25, 0.3) is 0 Å². The van der Waals surface area contributed by atoms with E-state index in [4.69, 9.17) is 0 Å². The summed E-state index contributed by atoms with van der Waals surface area (Å²) in [6.45, 7) is 2.76. The molecule has 3 heterocycles. The largest absolute Gasteiger partial charge is 0.352 e. The summed E-state index contributed by atoms with van der Waals surface area (Å²) >= 11 is 1.76. The summed E-state index contributed by atoms with van der Waals surface area (Å²) in [5.74, 6) is 2.13. The monoisotopic (exact) mass is 304 g/mol. The number of carbonyl (C=O) groups excluding carboxylic acids is 1. The molecule has 0 aromatic carbocycles. The fraction of sp³-hybridized carbons (Fsp3) is 0.533. The predicted octanol–water partition coefficient (Wildman–Crippen LogP) is 2.10. The van der Waals surface area contributed by atoms with Gasteiger partial charge in [0.2, 0.25) is 5.91 Å². The molecule has 1 amide bonds. The molecule has 0 saturated heterocycles. The molecule has 1 aliphatic rings. The highest BCUT2D eigenvalue weighted by molar-refractivity contribution is 7.09. The lowest BCUT2D eigenvalue weighted by Gasteiger charge is -2.24. The highest BCUT2D eigenvalue weighted by Gasteiger charge is 2.22. The van der Waals surface area contributed by atoms with Crippen molar-refractivity contribution >= 4 is 17.2 Å². The van der Waals surface area contributed by atoms with E-state index in [2.05, 4.69) is 37.6 Å². The fourth-order valence-corrected chi connectivity index (χ4v) is 3.51. The lowest BCUT2D eigenvalue weighted by Crippen LogP contribution is -2.41. The maximum atomic E-state index is 12.0. The Morgan fingerprint density at radius 3 is 3.24 bits per heavy atom. The van der Waals surface area contributed by atoms with Gasteiger partial charge in [-0.05, 0) is 37.6 Å². The summed E-state index contributed by atoms with van der Waals surface area (Å²) < 4.78 is 2.11. The Morgan fingerprint density at radius 2 is 2.43 bits per heavy atom. The summed E-state index contributed by atoms with van der Waals surface area (Å²) in [6, 6.07) is 4.39. The molecule has 1 aliphatic heterocycles. The lowest BCUT2D eigenvalue weighted by atomic mass is 10.1. The van der Waals surface area contributed by atoms with Crippen LogP contribution in [0, 0.1) is 6.92 Å². The van der Waals surface area contributed by atoms with Crippen molar-refractivity contribution in [3.8, 4) is 0 Å². The van der Waals surface area contributed by atoms with Gasteiger partial charge in [0.15, 0.2) is 0 Å². The van der Waals surface area contributed by atoms with Gasteiger partial charge >= 0.3 is 0 Å². The number of thiophene rings is 1. The molecule has 3 rings (SSSR count). The number of nitrogens with one attached hydrogen (secondary N) is 1. The summed E-state index contributed by atoms with van der Waals surface area (Å²) in [4.78, 5) is 13.4. The second-order valence-electron chi connectivity index (χ2n) is 5.51. The summed E-state index contributed by atoms with van der Waals surface area (Å²) in [5.41, 5.74) is 0. The van der Waals surface area contributed by atoms with Gasteiger partial charge in [-0.3, -0.25) is 4.79 Å². The van der Waals surface area contributed by atoms with Gasteiger partial charge in [-0.1, -0.05) is 6.07 Å². The first-order valence-corrected chi connectivity index (χ1v) is 8.31. The second kappa shape index (κ2) is 6.39. The fourth-order valence-electron chi connectivity index (χ4n) is 2.76. The van der Waals surface area contributed by atoms with E-state index in [0.717, 1.165) is 43.9 Å². The zero-order chi connectivity index (χ0) is 14.7. The Balaban J connectivity index is 1.44. The smallest absolute Gasteiger partial charge is 0.220 e. The molecule has 6 heteroatoms. The van der Waals surface area contributed by atoms with Crippen molar-refractivity contribution in [2.75, 3.05) is 0 Å². The minimum absolute atomic E-state index is 0.158. The first kappa shape index (κ1) is 14.3. The van der Waals surface area contributed by atoms with Crippen LogP contribution in [0.4, 0.5) is 0 Å². The van der Waals surface area contributed by atoms with E-state index in [-0.39, 0.29) is 11.9 Å². The lowest BCUT2D eigenvalue weighted by molar-refractivity contribution is -0.122. The molecule has 21 heavy (non-hydrogen) atoms. The third-order valence-corrected chi connectivity index (χ3v) is 4.84. The van der Waals surface area contributed by atoms with Crippen molar-refractivity contribution in [1.82, 2.24) is 20.1 Å². The molecule has 2 aromatic heterocycles. The van der Waals surface area contributed by atoms with Crippen molar-refractivity contribution < 1.29 is 4.79 Å². The standard InChI is InChI=1S/C15H20N4OS/c1-11-17-18-14-8-7-12(10-19(11)14)16-15(20)6-2-4-13-5-3-9-21-13/h3,5,9,12H,2,4,6-8,10H2,1H3,(H,16,20)/t12-/m0/s1. The zero-order valence-electron chi connectivity index (χ0n) is 12.2. The van der Waals surface area contributed by atoms with Crippen LogP contribution in [0.15, 0.2) is 17.5 Å². The van der Waals surface area contributed by atoms with Gasteiger partial charge in [-0.2, -0.15) is 0 Å². The minimum atomic E-state index is 0.158. The predicted molar refractivity (Wildman–Crippen MR) is 82.3 cm³/mol. The van der Waals surface area contributed by atoms with Crippen LogP contribution in [0.5, 0.6) is 0 Å². The summed E-state index contributed by atoms with van der Waals surface area (Å²) in [5, 5.41) is 13.5. The van der Waals surface area contributed by atoms with Gasteiger partial charge in [0, 0.05) is 30.3 Å². The summed E-state index contributed by atoms with van der Waals surface area (Å²) in [6.07, 6.45) is 4.35. The molecule has 112 valence electrons. The average molecular weight is 304 g/mol. The number of carbonyl (C=O) groups is 1. The third-order valence-electron chi connectivity index (χ3n) is 3.90. The molecule has 0 radical (unpaired) electrons. The number of hydrogen-bond donors (Lipinski definition) is 1. The SMILES string of the molecule is Cc1nnc2n1C[C@@H](NC(=O)CCCc1cccs1)CC2. The first-order valence-electron chi connectivity index (χ1n) is 7.43. The number of aryl methyl sites for hydroxylation is 3. The van der Waals surface area contributed by atoms with E-state index in [1.54, 1.807) is 11.3 Å².